The molecular weight excluding hydrogens is 218 g/mol. The van der Waals surface area contributed by atoms with E-state index in [1.807, 2.05) is 29.7 Å². The fourth-order valence-corrected chi connectivity index (χ4v) is 2.38. The first-order valence-corrected chi connectivity index (χ1v) is 7.16. The van der Waals surface area contributed by atoms with Crippen LogP contribution in [0.25, 0.3) is 0 Å². The molecule has 0 radical (unpaired) electrons. The molecule has 0 aliphatic carbocycles. The minimum Gasteiger partial charge on any atom is -0.314 e. The minimum absolute atomic E-state index is 0.621. The Morgan fingerprint density at radius 2 is 2.38 bits per heavy atom. The summed E-state index contributed by atoms with van der Waals surface area (Å²) in [5.74, 6) is 2.49. The largest absolute Gasteiger partial charge is 0.314 e. The van der Waals surface area contributed by atoms with Gasteiger partial charge in [-0.2, -0.15) is 16.9 Å². The molecule has 4 heteroatoms. The molecule has 0 bridgehead atoms. The Labute approximate surface area is 103 Å². The van der Waals surface area contributed by atoms with Crippen LogP contribution in [-0.4, -0.2) is 33.9 Å². The van der Waals surface area contributed by atoms with E-state index in [4.69, 9.17) is 0 Å². The van der Waals surface area contributed by atoms with Gasteiger partial charge in [-0.3, -0.25) is 4.68 Å². The quantitative estimate of drug-likeness (QED) is 0.707. The van der Waals surface area contributed by atoms with Crippen molar-refractivity contribution in [2.75, 3.05) is 18.1 Å². The number of aryl methyl sites for hydroxylation is 1. The second-order valence-electron chi connectivity index (χ2n) is 4.11. The Kier molecular flexibility index (Phi) is 6.57. The zero-order valence-corrected chi connectivity index (χ0v) is 11.4. The van der Waals surface area contributed by atoms with Gasteiger partial charge in [-0.25, -0.2) is 0 Å². The van der Waals surface area contributed by atoms with Gasteiger partial charge in [-0.1, -0.05) is 6.92 Å². The van der Waals surface area contributed by atoms with E-state index in [9.17, 15) is 0 Å². The molecule has 0 aromatic carbocycles. The van der Waals surface area contributed by atoms with Crippen LogP contribution in [0.15, 0.2) is 12.4 Å². The van der Waals surface area contributed by atoms with E-state index in [0.29, 0.717) is 6.04 Å². The molecular formula is C12H23N3S. The van der Waals surface area contributed by atoms with E-state index < -0.39 is 0 Å². The average Bonchev–Trinajstić information content (AvgIpc) is 2.65. The smallest absolute Gasteiger partial charge is 0.0522 e. The molecule has 92 valence electrons. The van der Waals surface area contributed by atoms with Crippen LogP contribution in [0.4, 0.5) is 0 Å². The maximum absolute atomic E-state index is 4.16. The lowest BCUT2D eigenvalue weighted by Crippen LogP contribution is -2.28. The summed E-state index contributed by atoms with van der Waals surface area (Å²) in [5.41, 5.74) is 1.31. The van der Waals surface area contributed by atoms with Crippen LogP contribution in [-0.2, 0) is 13.5 Å². The fraction of sp³-hybridized carbons (Fsp3) is 0.750. The van der Waals surface area contributed by atoms with Crippen molar-refractivity contribution in [3.63, 3.8) is 0 Å². The summed E-state index contributed by atoms with van der Waals surface area (Å²) >= 11 is 2.02. The van der Waals surface area contributed by atoms with Crippen LogP contribution in [0, 0.1) is 0 Å². The van der Waals surface area contributed by atoms with E-state index in [1.165, 1.54) is 23.5 Å². The Morgan fingerprint density at radius 3 is 3.00 bits per heavy atom. The molecule has 0 spiro atoms. The minimum atomic E-state index is 0.621. The average molecular weight is 241 g/mol. The highest BCUT2D eigenvalue weighted by atomic mass is 32.2. The highest BCUT2D eigenvalue weighted by molar-refractivity contribution is 7.99. The second kappa shape index (κ2) is 7.74. The molecule has 1 atom stereocenters. The number of nitrogens with zero attached hydrogens (tertiary/aromatic N) is 2. The Bertz CT molecular complexity index is 286. The van der Waals surface area contributed by atoms with Crippen molar-refractivity contribution >= 4 is 11.8 Å². The van der Waals surface area contributed by atoms with Gasteiger partial charge in [-0.05, 0) is 43.4 Å². The zero-order valence-electron chi connectivity index (χ0n) is 10.6. The molecule has 1 rings (SSSR count). The van der Waals surface area contributed by atoms with E-state index in [-0.39, 0.29) is 0 Å². The lowest BCUT2D eigenvalue weighted by atomic mass is 10.2. The summed E-state index contributed by atoms with van der Waals surface area (Å²) in [4.78, 5) is 0. The van der Waals surface area contributed by atoms with E-state index in [2.05, 4.69) is 30.5 Å². The van der Waals surface area contributed by atoms with Crippen LogP contribution in [0.3, 0.4) is 0 Å². The molecule has 0 saturated carbocycles. The number of nitrogens with one attached hydrogen (secondary N) is 1. The first-order chi connectivity index (χ1) is 7.72. The number of hydrogen-bond acceptors (Lipinski definition) is 3. The van der Waals surface area contributed by atoms with Crippen molar-refractivity contribution in [1.82, 2.24) is 15.1 Å². The van der Waals surface area contributed by atoms with Crippen molar-refractivity contribution in [3.8, 4) is 0 Å². The van der Waals surface area contributed by atoms with Gasteiger partial charge in [0, 0.05) is 19.3 Å². The molecule has 0 aliphatic rings. The van der Waals surface area contributed by atoms with Gasteiger partial charge < -0.3 is 5.32 Å². The van der Waals surface area contributed by atoms with Crippen LogP contribution in [0.1, 0.15) is 25.8 Å². The molecule has 0 fully saturated rings. The maximum atomic E-state index is 4.16. The van der Waals surface area contributed by atoms with Gasteiger partial charge in [0.2, 0.25) is 0 Å². The Balaban J connectivity index is 2.06. The predicted octanol–water partition coefficient (Wildman–Crippen LogP) is 2.08. The highest BCUT2D eigenvalue weighted by Crippen LogP contribution is 2.04. The monoisotopic (exact) mass is 241 g/mol. The lowest BCUT2D eigenvalue weighted by Gasteiger charge is -2.12. The fourth-order valence-electron chi connectivity index (χ4n) is 1.57. The molecule has 1 aromatic rings. The van der Waals surface area contributed by atoms with E-state index in [0.717, 1.165) is 13.0 Å². The first-order valence-electron chi connectivity index (χ1n) is 6.01. The van der Waals surface area contributed by atoms with Crippen LogP contribution in [0.5, 0.6) is 0 Å². The predicted molar refractivity (Wildman–Crippen MR) is 72.0 cm³/mol. The Morgan fingerprint density at radius 1 is 1.56 bits per heavy atom. The van der Waals surface area contributed by atoms with Gasteiger partial charge in [0.25, 0.3) is 0 Å². The summed E-state index contributed by atoms with van der Waals surface area (Å²) in [6.45, 7) is 5.52. The highest BCUT2D eigenvalue weighted by Gasteiger charge is 2.01. The van der Waals surface area contributed by atoms with Crippen LogP contribution < -0.4 is 5.32 Å². The molecule has 1 heterocycles. The van der Waals surface area contributed by atoms with Crippen molar-refractivity contribution in [2.24, 2.45) is 7.05 Å². The van der Waals surface area contributed by atoms with Crippen LogP contribution in [0.2, 0.25) is 0 Å². The molecule has 3 nitrogen and oxygen atoms in total. The van der Waals surface area contributed by atoms with Crippen molar-refractivity contribution in [2.45, 2.75) is 32.7 Å². The summed E-state index contributed by atoms with van der Waals surface area (Å²) in [6.07, 6.45) is 6.35. The SMILES string of the molecule is CCSCCC(C)NCCc1cnn(C)c1. The third-order valence-electron chi connectivity index (χ3n) is 2.56. The molecule has 0 aliphatic heterocycles. The zero-order chi connectivity index (χ0) is 11.8. The number of aromatic nitrogens is 2. The summed E-state index contributed by atoms with van der Waals surface area (Å²) in [5, 5.41) is 7.71. The molecule has 0 amide bonds. The molecule has 16 heavy (non-hydrogen) atoms. The standard InChI is InChI=1S/C12H23N3S/c1-4-16-8-6-11(2)13-7-5-12-9-14-15(3)10-12/h9-11,13H,4-8H2,1-3H3. The lowest BCUT2D eigenvalue weighted by molar-refractivity contribution is 0.540. The Hall–Kier alpha value is -0.480. The van der Waals surface area contributed by atoms with Gasteiger partial charge >= 0.3 is 0 Å². The van der Waals surface area contributed by atoms with Gasteiger partial charge in [0.1, 0.15) is 0 Å². The third kappa shape index (κ3) is 5.56. The van der Waals surface area contributed by atoms with E-state index >= 15 is 0 Å². The molecule has 0 saturated heterocycles. The summed E-state index contributed by atoms with van der Waals surface area (Å²) < 4.78 is 1.86. The molecule has 1 N–H and O–H groups in total. The number of thioether (sulfide) groups is 1. The number of hydrogen-bond donors (Lipinski definition) is 1. The summed E-state index contributed by atoms with van der Waals surface area (Å²) in [6, 6.07) is 0.621. The van der Waals surface area contributed by atoms with Gasteiger partial charge in [0.15, 0.2) is 0 Å². The van der Waals surface area contributed by atoms with Crippen LogP contribution >= 0.6 is 11.8 Å². The molecule has 1 aromatic heterocycles. The topological polar surface area (TPSA) is 29.9 Å². The van der Waals surface area contributed by atoms with Crippen molar-refractivity contribution in [1.29, 1.82) is 0 Å². The molecule has 1 unspecified atom stereocenters. The third-order valence-corrected chi connectivity index (χ3v) is 3.50. The second-order valence-corrected chi connectivity index (χ2v) is 5.51. The van der Waals surface area contributed by atoms with Crippen molar-refractivity contribution in [3.05, 3.63) is 18.0 Å². The van der Waals surface area contributed by atoms with Gasteiger partial charge in [-0.15, -0.1) is 0 Å². The normalized spacial score (nSPS) is 12.9. The number of rotatable bonds is 8. The van der Waals surface area contributed by atoms with E-state index in [1.54, 1.807) is 0 Å². The summed E-state index contributed by atoms with van der Waals surface area (Å²) in [7, 11) is 1.96. The maximum Gasteiger partial charge on any atom is 0.0522 e. The van der Waals surface area contributed by atoms with Crippen molar-refractivity contribution < 1.29 is 0 Å². The van der Waals surface area contributed by atoms with Gasteiger partial charge in [0.05, 0.1) is 6.20 Å². The first kappa shape index (κ1) is 13.6.